The zero-order valence-corrected chi connectivity index (χ0v) is 11.5. The van der Waals surface area contributed by atoms with Gasteiger partial charge in [-0.3, -0.25) is 0 Å². The highest BCUT2D eigenvalue weighted by molar-refractivity contribution is 6.60. The van der Waals surface area contributed by atoms with E-state index in [9.17, 15) is 0 Å². The molecule has 6 nitrogen and oxygen atoms in total. The molecule has 1 heterocycles. The molecular formula is C9H23NO5Si. The first-order valence-electron chi connectivity index (χ1n) is 5.26. The highest BCUT2D eigenvalue weighted by Gasteiger charge is 2.36. The van der Waals surface area contributed by atoms with Crippen LogP contribution in [0.15, 0.2) is 0 Å². The molecular weight excluding hydrogens is 230 g/mol. The Bertz CT molecular complexity index is 156. The normalized spacial score (nSPS) is 18.9. The number of nitrogens with two attached hydrogens (primary N) is 1. The lowest BCUT2D eigenvalue weighted by atomic mass is 10.5. The smallest absolute Gasteiger partial charge is 0.377 e. The van der Waals surface area contributed by atoms with Crippen molar-refractivity contribution in [2.24, 2.45) is 5.90 Å². The Labute approximate surface area is 98.3 Å². The highest BCUT2D eigenvalue weighted by Crippen LogP contribution is 2.13. The third-order valence-corrected chi connectivity index (χ3v) is 5.15. The largest absolute Gasteiger partial charge is 0.500 e. The first-order valence-corrected chi connectivity index (χ1v) is 7.19. The Morgan fingerprint density at radius 1 is 1.25 bits per heavy atom. The van der Waals surface area contributed by atoms with Gasteiger partial charge in [0.25, 0.3) is 0 Å². The molecule has 0 amide bonds. The first kappa shape index (κ1) is 16.0. The molecule has 1 rings (SSSR count). The van der Waals surface area contributed by atoms with E-state index in [4.69, 9.17) is 18.0 Å². The molecule has 1 aliphatic rings. The molecule has 1 saturated heterocycles. The molecule has 1 aliphatic heterocycles. The molecule has 0 aromatic rings. The summed E-state index contributed by atoms with van der Waals surface area (Å²) < 4.78 is 20.3. The molecule has 98 valence electrons. The van der Waals surface area contributed by atoms with Crippen molar-refractivity contribution in [1.82, 2.24) is 0 Å². The molecule has 1 fully saturated rings. The summed E-state index contributed by atoms with van der Waals surface area (Å²) in [5, 5.41) is 0. The van der Waals surface area contributed by atoms with Gasteiger partial charge in [0.05, 0.1) is 13.2 Å². The van der Waals surface area contributed by atoms with Crippen molar-refractivity contribution < 1.29 is 22.9 Å². The van der Waals surface area contributed by atoms with Crippen LogP contribution < -0.4 is 5.90 Å². The van der Waals surface area contributed by atoms with Crippen LogP contribution in [0.2, 0.25) is 6.04 Å². The van der Waals surface area contributed by atoms with Crippen LogP contribution in [0.3, 0.4) is 0 Å². The Morgan fingerprint density at radius 2 is 1.75 bits per heavy atom. The lowest BCUT2D eigenvalue weighted by Crippen LogP contribution is -2.42. The van der Waals surface area contributed by atoms with E-state index in [1.54, 1.807) is 21.3 Å². The fourth-order valence-corrected chi connectivity index (χ4v) is 2.86. The number of hydrogen-bond donors (Lipinski definition) is 1. The minimum Gasteiger partial charge on any atom is -0.377 e. The van der Waals surface area contributed by atoms with Crippen molar-refractivity contribution >= 4 is 8.80 Å². The maximum Gasteiger partial charge on any atom is 0.500 e. The van der Waals surface area contributed by atoms with Gasteiger partial charge >= 0.3 is 8.80 Å². The first-order chi connectivity index (χ1) is 7.67. The summed E-state index contributed by atoms with van der Waals surface area (Å²) in [4.78, 5) is 4.24. The van der Waals surface area contributed by atoms with Gasteiger partial charge in [0, 0.05) is 27.4 Å². The van der Waals surface area contributed by atoms with E-state index in [-0.39, 0.29) is 0 Å². The summed E-state index contributed by atoms with van der Waals surface area (Å²) >= 11 is 0. The highest BCUT2D eigenvalue weighted by atomic mass is 28.4. The van der Waals surface area contributed by atoms with Gasteiger partial charge in [-0.25, -0.2) is 5.90 Å². The van der Waals surface area contributed by atoms with Crippen LogP contribution >= 0.6 is 0 Å². The van der Waals surface area contributed by atoms with Crippen LogP contribution in [0.4, 0.5) is 0 Å². The summed E-state index contributed by atoms with van der Waals surface area (Å²) in [6.07, 6.45) is 1.33. The van der Waals surface area contributed by atoms with Gasteiger partial charge in [-0.1, -0.05) is 13.3 Å². The molecule has 0 spiro atoms. The minimum atomic E-state index is -2.22. The Kier molecular flexibility index (Phi) is 9.04. The van der Waals surface area contributed by atoms with Gasteiger partial charge in [0.15, 0.2) is 0 Å². The lowest BCUT2D eigenvalue weighted by molar-refractivity contribution is 0.119. The summed E-state index contributed by atoms with van der Waals surface area (Å²) in [7, 11) is 2.68. The SMILES string of the molecule is CCC[Si](OC)(OC)OC.NOCC1CO1. The van der Waals surface area contributed by atoms with Crippen LogP contribution in [0.1, 0.15) is 13.3 Å². The van der Waals surface area contributed by atoms with Gasteiger partial charge in [-0.05, 0) is 0 Å². The van der Waals surface area contributed by atoms with E-state index < -0.39 is 8.80 Å². The molecule has 0 aliphatic carbocycles. The van der Waals surface area contributed by atoms with Crippen molar-refractivity contribution in [3.05, 3.63) is 0 Å². The fourth-order valence-electron chi connectivity index (χ4n) is 1.13. The van der Waals surface area contributed by atoms with Gasteiger partial charge in [-0.2, -0.15) is 0 Å². The Hall–Kier alpha value is -0.0231. The van der Waals surface area contributed by atoms with Crippen LogP contribution in [0, 0.1) is 0 Å². The average molecular weight is 253 g/mol. The van der Waals surface area contributed by atoms with Gasteiger partial charge in [0.1, 0.15) is 6.10 Å². The number of epoxide rings is 1. The molecule has 16 heavy (non-hydrogen) atoms. The number of hydrogen-bond acceptors (Lipinski definition) is 6. The minimum absolute atomic E-state index is 0.301. The maximum absolute atomic E-state index is 5.17. The average Bonchev–Trinajstić information content (AvgIpc) is 3.12. The monoisotopic (exact) mass is 253 g/mol. The molecule has 0 saturated carbocycles. The molecule has 0 aromatic carbocycles. The third-order valence-electron chi connectivity index (χ3n) is 2.17. The van der Waals surface area contributed by atoms with Crippen molar-refractivity contribution in [3.8, 4) is 0 Å². The van der Waals surface area contributed by atoms with Crippen molar-refractivity contribution in [2.75, 3.05) is 34.5 Å². The molecule has 7 heteroatoms. The van der Waals surface area contributed by atoms with E-state index in [1.165, 1.54) is 0 Å². The molecule has 0 radical (unpaired) electrons. The predicted octanol–water partition coefficient (Wildman–Crippen LogP) is 0.550. The fraction of sp³-hybridized carbons (Fsp3) is 1.00. The predicted molar refractivity (Wildman–Crippen MR) is 61.8 cm³/mol. The second-order valence-electron chi connectivity index (χ2n) is 3.33. The van der Waals surface area contributed by atoms with E-state index in [0.29, 0.717) is 12.7 Å². The van der Waals surface area contributed by atoms with Crippen LogP contribution in [0.5, 0.6) is 0 Å². The van der Waals surface area contributed by atoms with Crippen molar-refractivity contribution in [3.63, 3.8) is 0 Å². The molecule has 0 bridgehead atoms. The zero-order valence-electron chi connectivity index (χ0n) is 10.5. The van der Waals surface area contributed by atoms with Crippen molar-refractivity contribution in [2.45, 2.75) is 25.5 Å². The van der Waals surface area contributed by atoms with E-state index in [0.717, 1.165) is 19.1 Å². The summed E-state index contributed by atoms with van der Waals surface area (Å²) in [6, 6.07) is 0.885. The van der Waals surface area contributed by atoms with E-state index in [2.05, 4.69) is 17.7 Å². The molecule has 0 aromatic heterocycles. The second kappa shape index (κ2) is 9.05. The second-order valence-corrected chi connectivity index (χ2v) is 6.42. The van der Waals surface area contributed by atoms with Gasteiger partial charge in [0.2, 0.25) is 0 Å². The maximum atomic E-state index is 5.17. The van der Waals surface area contributed by atoms with Gasteiger partial charge in [-0.15, -0.1) is 0 Å². The van der Waals surface area contributed by atoms with Gasteiger partial charge < -0.3 is 22.9 Å². The molecule has 1 unspecified atom stereocenters. The number of rotatable bonds is 7. The zero-order chi connectivity index (χ0) is 12.4. The Morgan fingerprint density at radius 3 is 1.88 bits per heavy atom. The summed E-state index contributed by atoms with van der Waals surface area (Å²) in [6.45, 7) is 3.44. The van der Waals surface area contributed by atoms with E-state index in [1.807, 2.05) is 0 Å². The standard InChI is InChI=1S/C6H16O3Si.C3H7NO2/c1-5-6-10(7-2,8-3)9-4;4-6-2-3-1-5-3/h5-6H2,1-4H3;3H,1-2,4H2. The quantitative estimate of drug-likeness (QED) is 0.406. The van der Waals surface area contributed by atoms with Crippen LogP contribution in [-0.4, -0.2) is 49.5 Å². The summed E-state index contributed by atoms with van der Waals surface area (Å²) in [5.74, 6) is 4.69. The van der Waals surface area contributed by atoms with Crippen LogP contribution in [-0.2, 0) is 22.9 Å². The number of ether oxygens (including phenoxy) is 1. The van der Waals surface area contributed by atoms with Crippen LogP contribution in [0.25, 0.3) is 0 Å². The molecule has 2 N–H and O–H groups in total. The topological polar surface area (TPSA) is 75.5 Å². The lowest BCUT2D eigenvalue weighted by Gasteiger charge is -2.23. The summed E-state index contributed by atoms with van der Waals surface area (Å²) in [5.41, 5.74) is 0. The van der Waals surface area contributed by atoms with Crippen molar-refractivity contribution in [1.29, 1.82) is 0 Å². The Balaban J connectivity index is 0.000000315. The van der Waals surface area contributed by atoms with E-state index >= 15 is 0 Å². The third kappa shape index (κ3) is 6.54. The molecule has 1 atom stereocenters.